The number of hydrogen-bond acceptors (Lipinski definition) is 4. The van der Waals surface area contributed by atoms with Gasteiger partial charge in [-0.25, -0.2) is 4.98 Å². The molecule has 1 aliphatic carbocycles. The van der Waals surface area contributed by atoms with Crippen LogP contribution in [0.15, 0.2) is 6.20 Å². The summed E-state index contributed by atoms with van der Waals surface area (Å²) in [5.74, 6) is -0.764. The number of aliphatic carboxylic acids is 1. The lowest BCUT2D eigenvalue weighted by Gasteiger charge is -2.26. The second kappa shape index (κ2) is 5.60. The van der Waals surface area contributed by atoms with Crippen LogP contribution in [-0.2, 0) is 11.3 Å². The van der Waals surface area contributed by atoms with Gasteiger partial charge >= 0.3 is 5.97 Å². The molecule has 0 unspecified atom stereocenters. The van der Waals surface area contributed by atoms with Gasteiger partial charge in [-0.1, -0.05) is 0 Å². The molecule has 0 amide bonds. The van der Waals surface area contributed by atoms with E-state index in [0.717, 1.165) is 37.2 Å². The maximum Gasteiger partial charge on any atom is 0.306 e. The smallest absolute Gasteiger partial charge is 0.306 e. The standard InChI is InChI=1S/C12H18N2O2S/c1-8-13-6-11(17-8)7-14-10-4-2-9(3-5-10)12(15)16/h6,9-10,14H,2-5,7H2,1H3,(H,15,16). The summed E-state index contributed by atoms with van der Waals surface area (Å²) in [6, 6.07) is 0.466. The van der Waals surface area contributed by atoms with Crippen molar-refractivity contribution in [2.75, 3.05) is 0 Å². The van der Waals surface area contributed by atoms with Gasteiger partial charge in [-0.15, -0.1) is 11.3 Å². The van der Waals surface area contributed by atoms with Gasteiger partial charge in [0.05, 0.1) is 10.9 Å². The summed E-state index contributed by atoms with van der Waals surface area (Å²) in [5.41, 5.74) is 0. The Morgan fingerprint density at radius 1 is 1.53 bits per heavy atom. The quantitative estimate of drug-likeness (QED) is 0.864. The van der Waals surface area contributed by atoms with E-state index < -0.39 is 5.97 Å². The van der Waals surface area contributed by atoms with Crippen molar-refractivity contribution < 1.29 is 9.90 Å². The van der Waals surface area contributed by atoms with E-state index in [1.807, 2.05) is 13.1 Å². The van der Waals surface area contributed by atoms with Gasteiger partial charge in [0.1, 0.15) is 0 Å². The van der Waals surface area contributed by atoms with E-state index >= 15 is 0 Å². The van der Waals surface area contributed by atoms with E-state index in [-0.39, 0.29) is 5.92 Å². The predicted octanol–water partition coefficient (Wildman–Crippen LogP) is 2.18. The Labute approximate surface area is 105 Å². The normalized spacial score (nSPS) is 24.8. The molecule has 1 fully saturated rings. The number of carboxylic acid groups (broad SMARTS) is 1. The summed E-state index contributed by atoms with van der Waals surface area (Å²) in [4.78, 5) is 16.3. The fraction of sp³-hybridized carbons (Fsp3) is 0.667. The Bertz CT molecular complexity index is 384. The van der Waals surface area contributed by atoms with Crippen LogP contribution in [0.25, 0.3) is 0 Å². The van der Waals surface area contributed by atoms with E-state index in [2.05, 4.69) is 10.3 Å². The first-order chi connectivity index (χ1) is 8.15. The van der Waals surface area contributed by atoms with E-state index in [1.54, 1.807) is 11.3 Å². The first-order valence-electron chi connectivity index (χ1n) is 6.02. The first-order valence-corrected chi connectivity index (χ1v) is 6.84. The summed E-state index contributed by atoms with van der Waals surface area (Å²) >= 11 is 1.71. The highest BCUT2D eigenvalue weighted by molar-refractivity contribution is 7.11. The highest BCUT2D eigenvalue weighted by Gasteiger charge is 2.25. The zero-order valence-electron chi connectivity index (χ0n) is 9.98. The molecule has 1 heterocycles. The van der Waals surface area contributed by atoms with E-state index in [1.165, 1.54) is 4.88 Å². The van der Waals surface area contributed by atoms with Crippen molar-refractivity contribution in [3.8, 4) is 0 Å². The third-order valence-electron chi connectivity index (χ3n) is 3.31. The molecule has 1 saturated carbocycles. The van der Waals surface area contributed by atoms with Crippen LogP contribution < -0.4 is 5.32 Å². The SMILES string of the molecule is Cc1ncc(CNC2CCC(C(=O)O)CC2)s1. The van der Waals surface area contributed by atoms with Gasteiger partial charge in [0.25, 0.3) is 0 Å². The van der Waals surface area contributed by atoms with Crippen LogP contribution >= 0.6 is 11.3 Å². The Balaban J connectivity index is 1.73. The summed E-state index contributed by atoms with van der Waals surface area (Å²) in [5, 5.41) is 13.5. The van der Waals surface area contributed by atoms with Gasteiger partial charge in [-0.05, 0) is 32.6 Å². The molecule has 5 heteroatoms. The van der Waals surface area contributed by atoms with Crippen LogP contribution in [0.1, 0.15) is 35.6 Å². The lowest BCUT2D eigenvalue weighted by molar-refractivity contribution is -0.142. The topological polar surface area (TPSA) is 62.2 Å². The average Bonchev–Trinajstić information content (AvgIpc) is 2.73. The Morgan fingerprint density at radius 2 is 2.24 bits per heavy atom. The number of carboxylic acids is 1. The predicted molar refractivity (Wildman–Crippen MR) is 67.1 cm³/mol. The van der Waals surface area contributed by atoms with E-state index in [9.17, 15) is 4.79 Å². The molecule has 0 saturated heterocycles. The second-order valence-electron chi connectivity index (χ2n) is 4.61. The molecular formula is C12H18N2O2S. The van der Waals surface area contributed by atoms with Crippen molar-refractivity contribution in [2.24, 2.45) is 5.92 Å². The molecule has 17 heavy (non-hydrogen) atoms. The van der Waals surface area contributed by atoms with Crippen LogP contribution in [-0.4, -0.2) is 22.1 Å². The fourth-order valence-electron chi connectivity index (χ4n) is 2.28. The van der Waals surface area contributed by atoms with Crippen molar-refractivity contribution in [3.05, 3.63) is 16.1 Å². The average molecular weight is 254 g/mol. The number of aromatic nitrogens is 1. The zero-order valence-corrected chi connectivity index (χ0v) is 10.8. The minimum atomic E-state index is -0.637. The van der Waals surface area contributed by atoms with Crippen LogP contribution in [0, 0.1) is 12.8 Å². The molecule has 0 bridgehead atoms. The molecule has 1 aromatic rings. The highest BCUT2D eigenvalue weighted by Crippen LogP contribution is 2.24. The fourth-order valence-corrected chi connectivity index (χ4v) is 3.02. The van der Waals surface area contributed by atoms with Crippen molar-refractivity contribution in [1.82, 2.24) is 10.3 Å². The largest absolute Gasteiger partial charge is 0.481 e. The molecule has 0 aliphatic heterocycles. The molecule has 1 aromatic heterocycles. The third kappa shape index (κ3) is 3.51. The molecule has 0 radical (unpaired) electrons. The molecule has 94 valence electrons. The minimum absolute atomic E-state index is 0.126. The van der Waals surface area contributed by atoms with Gasteiger partial charge in [-0.2, -0.15) is 0 Å². The van der Waals surface area contributed by atoms with Gasteiger partial charge in [-0.3, -0.25) is 4.79 Å². The van der Waals surface area contributed by atoms with Crippen LogP contribution in [0.5, 0.6) is 0 Å². The molecule has 0 aromatic carbocycles. The van der Waals surface area contributed by atoms with Crippen molar-refractivity contribution in [1.29, 1.82) is 0 Å². The number of carbonyl (C=O) groups is 1. The van der Waals surface area contributed by atoms with Crippen LogP contribution in [0.2, 0.25) is 0 Å². The van der Waals surface area contributed by atoms with Gasteiger partial charge < -0.3 is 10.4 Å². The Kier molecular flexibility index (Phi) is 4.12. The van der Waals surface area contributed by atoms with Crippen LogP contribution in [0.3, 0.4) is 0 Å². The second-order valence-corrected chi connectivity index (χ2v) is 5.93. The molecule has 1 aliphatic rings. The molecule has 2 rings (SSSR count). The van der Waals surface area contributed by atoms with Crippen molar-refractivity contribution in [2.45, 2.75) is 45.2 Å². The van der Waals surface area contributed by atoms with Gasteiger partial charge in [0, 0.05) is 23.7 Å². The molecule has 4 nitrogen and oxygen atoms in total. The minimum Gasteiger partial charge on any atom is -0.481 e. The lowest BCUT2D eigenvalue weighted by Crippen LogP contribution is -2.34. The Morgan fingerprint density at radius 3 is 2.76 bits per heavy atom. The number of aryl methyl sites for hydroxylation is 1. The van der Waals surface area contributed by atoms with E-state index in [4.69, 9.17) is 5.11 Å². The van der Waals surface area contributed by atoms with E-state index in [0.29, 0.717) is 6.04 Å². The summed E-state index contributed by atoms with van der Waals surface area (Å²) in [7, 11) is 0. The maximum atomic E-state index is 10.8. The van der Waals surface area contributed by atoms with Crippen LogP contribution in [0.4, 0.5) is 0 Å². The summed E-state index contributed by atoms with van der Waals surface area (Å²) in [6.07, 6.45) is 5.45. The molecule has 0 atom stereocenters. The van der Waals surface area contributed by atoms with Crippen molar-refractivity contribution in [3.63, 3.8) is 0 Å². The lowest BCUT2D eigenvalue weighted by atomic mass is 9.86. The summed E-state index contributed by atoms with van der Waals surface area (Å²) in [6.45, 7) is 2.86. The summed E-state index contributed by atoms with van der Waals surface area (Å²) < 4.78 is 0. The van der Waals surface area contributed by atoms with Gasteiger partial charge in [0.2, 0.25) is 0 Å². The molecule has 0 spiro atoms. The molecular weight excluding hydrogens is 236 g/mol. The number of nitrogens with one attached hydrogen (secondary N) is 1. The third-order valence-corrected chi connectivity index (χ3v) is 4.22. The van der Waals surface area contributed by atoms with Crippen molar-refractivity contribution >= 4 is 17.3 Å². The monoisotopic (exact) mass is 254 g/mol. The number of nitrogens with zero attached hydrogens (tertiary/aromatic N) is 1. The maximum absolute atomic E-state index is 10.8. The number of hydrogen-bond donors (Lipinski definition) is 2. The Hall–Kier alpha value is -0.940. The zero-order chi connectivity index (χ0) is 12.3. The number of thiazole rings is 1. The molecule has 2 N–H and O–H groups in total. The number of rotatable bonds is 4. The highest BCUT2D eigenvalue weighted by atomic mass is 32.1. The first kappa shape index (κ1) is 12.5. The van der Waals surface area contributed by atoms with Gasteiger partial charge in [0.15, 0.2) is 0 Å².